The van der Waals surface area contributed by atoms with E-state index in [4.69, 9.17) is 4.74 Å². The highest BCUT2D eigenvalue weighted by molar-refractivity contribution is 14.0. The van der Waals surface area contributed by atoms with Crippen LogP contribution in [0.4, 0.5) is 5.69 Å². The minimum atomic E-state index is 0. The Hall–Kier alpha value is -1.65. The maximum absolute atomic E-state index is 12.3. The first-order chi connectivity index (χ1) is 13.7. The van der Waals surface area contributed by atoms with Crippen LogP contribution in [0.1, 0.15) is 24.8 Å². The van der Waals surface area contributed by atoms with Crippen LogP contribution < -0.4 is 16.0 Å². The number of guanidine groups is 1. The molecule has 3 rings (SSSR count). The lowest BCUT2D eigenvalue weighted by Gasteiger charge is -2.26. The number of benzene rings is 1. The molecule has 1 heterocycles. The Morgan fingerprint density at radius 3 is 2.72 bits per heavy atom. The minimum Gasteiger partial charge on any atom is -0.379 e. The van der Waals surface area contributed by atoms with E-state index in [0.29, 0.717) is 19.0 Å². The van der Waals surface area contributed by atoms with E-state index in [-0.39, 0.29) is 29.9 Å². The molecule has 0 saturated carbocycles. The largest absolute Gasteiger partial charge is 0.379 e. The molecule has 0 aromatic heterocycles. The number of aliphatic imine (C=N–C) groups is 1. The zero-order chi connectivity index (χ0) is 19.6. The monoisotopic (exact) mass is 513 g/mol. The van der Waals surface area contributed by atoms with Crippen molar-refractivity contribution in [1.29, 1.82) is 0 Å². The van der Waals surface area contributed by atoms with Gasteiger partial charge in [-0.3, -0.25) is 14.7 Å². The van der Waals surface area contributed by atoms with Crippen LogP contribution in [0, 0.1) is 0 Å². The van der Waals surface area contributed by atoms with Crippen LogP contribution in [0.15, 0.2) is 41.4 Å². The zero-order valence-electron chi connectivity index (χ0n) is 17.0. The topological polar surface area (TPSA) is 78.0 Å². The van der Waals surface area contributed by atoms with E-state index >= 15 is 0 Å². The van der Waals surface area contributed by atoms with Gasteiger partial charge in [0, 0.05) is 51.4 Å². The quantitative estimate of drug-likeness (QED) is 0.226. The third-order valence-corrected chi connectivity index (χ3v) is 5.00. The molecule has 7 nitrogen and oxygen atoms in total. The molecule has 1 aliphatic heterocycles. The fourth-order valence-electron chi connectivity index (χ4n) is 3.38. The molecule has 160 valence electrons. The summed E-state index contributed by atoms with van der Waals surface area (Å²) in [6.07, 6.45) is 6.94. The molecule has 29 heavy (non-hydrogen) atoms. The number of carbonyl (C=O) groups is 1. The van der Waals surface area contributed by atoms with E-state index in [1.54, 1.807) is 7.05 Å². The first-order valence-electron chi connectivity index (χ1n) is 10.0. The Labute approximate surface area is 190 Å². The number of anilines is 1. The lowest BCUT2D eigenvalue weighted by atomic mass is 10.2. The minimum absolute atomic E-state index is 0. The first kappa shape index (κ1) is 23.6. The second-order valence-corrected chi connectivity index (χ2v) is 7.16. The van der Waals surface area contributed by atoms with Gasteiger partial charge in [0.15, 0.2) is 5.96 Å². The van der Waals surface area contributed by atoms with Gasteiger partial charge in [0.25, 0.3) is 0 Å². The highest BCUT2D eigenvalue weighted by Crippen LogP contribution is 2.12. The first-order valence-corrected chi connectivity index (χ1v) is 10.0. The molecule has 0 unspecified atom stereocenters. The van der Waals surface area contributed by atoms with Crippen molar-refractivity contribution in [1.82, 2.24) is 15.5 Å². The van der Waals surface area contributed by atoms with Crippen molar-refractivity contribution in [3.63, 3.8) is 0 Å². The Morgan fingerprint density at radius 1 is 1.24 bits per heavy atom. The maximum atomic E-state index is 12.3. The van der Waals surface area contributed by atoms with Crippen molar-refractivity contribution in [2.45, 2.75) is 31.8 Å². The van der Waals surface area contributed by atoms with Crippen LogP contribution in [-0.2, 0) is 16.1 Å². The van der Waals surface area contributed by atoms with Crippen molar-refractivity contribution in [3.05, 3.63) is 42.0 Å². The number of halogens is 1. The summed E-state index contributed by atoms with van der Waals surface area (Å²) < 4.78 is 5.34. The average molecular weight is 513 g/mol. The summed E-state index contributed by atoms with van der Waals surface area (Å²) in [5.41, 5.74) is 1.92. The lowest BCUT2D eigenvalue weighted by Crippen LogP contribution is -2.42. The van der Waals surface area contributed by atoms with Gasteiger partial charge < -0.3 is 20.7 Å². The van der Waals surface area contributed by atoms with Gasteiger partial charge in [-0.05, 0) is 30.5 Å². The number of amides is 1. The fourth-order valence-corrected chi connectivity index (χ4v) is 3.38. The molecular weight excluding hydrogens is 481 g/mol. The van der Waals surface area contributed by atoms with E-state index < -0.39 is 0 Å². The van der Waals surface area contributed by atoms with Gasteiger partial charge in [0.2, 0.25) is 5.91 Å². The number of morpholine rings is 1. The van der Waals surface area contributed by atoms with Crippen molar-refractivity contribution < 1.29 is 9.53 Å². The van der Waals surface area contributed by atoms with Gasteiger partial charge in [-0.2, -0.15) is 0 Å². The molecule has 1 aromatic rings. The van der Waals surface area contributed by atoms with Gasteiger partial charge >= 0.3 is 0 Å². The molecule has 8 heteroatoms. The second kappa shape index (κ2) is 12.8. The molecule has 1 fully saturated rings. The van der Waals surface area contributed by atoms with Gasteiger partial charge in [-0.1, -0.05) is 24.3 Å². The zero-order valence-corrected chi connectivity index (χ0v) is 19.4. The molecule has 1 saturated heterocycles. The molecule has 1 aliphatic carbocycles. The maximum Gasteiger partial charge on any atom is 0.225 e. The Bertz CT molecular complexity index is 696. The van der Waals surface area contributed by atoms with Crippen molar-refractivity contribution in [2.75, 3.05) is 45.2 Å². The van der Waals surface area contributed by atoms with Gasteiger partial charge in [0.05, 0.1) is 13.2 Å². The molecule has 1 aromatic carbocycles. The standard InChI is InChI=1S/C21H31N5O2.HI/c1-22-21(25-18-6-2-3-7-18)23-16-17-5-4-8-19(15-17)24-20(27)9-10-26-11-13-28-14-12-26;/h2-5,8,15,18H,6-7,9-14,16H2,1H3,(H,24,27)(H2,22,23,25);1H. The van der Waals surface area contributed by atoms with Crippen LogP contribution in [0.3, 0.4) is 0 Å². The van der Waals surface area contributed by atoms with Crippen LogP contribution in [-0.4, -0.2) is 62.7 Å². The molecular formula is C21H32IN5O2. The molecule has 1 amide bonds. The fraction of sp³-hybridized carbons (Fsp3) is 0.524. The number of carbonyl (C=O) groups excluding carboxylic acids is 1. The average Bonchev–Trinajstić information content (AvgIpc) is 3.24. The van der Waals surface area contributed by atoms with Crippen LogP contribution in [0.2, 0.25) is 0 Å². The van der Waals surface area contributed by atoms with Gasteiger partial charge in [-0.25, -0.2) is 0 Å². The number of nitrogens with zero attached hydrogens (tertiary/aromatic N) is 2. The lowest BCUT2D eigenvalue weighted by molar-refractivity contribution is -0.116. The van der Waals surface area contributed by atoms with E-state index in [0.717, 1.165) is 62.9 Å². The Morgan fingerprint density at radius 2 is 2.00 bits per heavy atom. The Balaban J connectivity index is 0.00000300. The summed E-state index contributed by atoms with van der Waals surface area (Å²) in [5, 5.41) is 9.77. The highest BCUT2D eigenvalue weighted by Gasteiger charge is 2.13. The summed E-state index contributed by atoms with van der Waals surface area (Å²) in [7, 11) is 1.78. The van der Waals surface area contributed by atoms with E-state index in [2.05, 4.69) is 38.0 Å². The summed E-state index contributed by atoms with van der Waals surface area (Å²) in [4.78, 5) is 18.8. The van der Waals surface area contributed by atoms with Crippen molar-refractivity contribution in [3.8, 4) is 0 Å². The van der Waals surface area contributed by atoms with E-state index in [9.17, 15) is 4.79 Å². The third-order valence-electron chi connectivity index (χ3n) is 5.00. The molecule has 0 bridgehead atoms. The number of hydrogen-bond acceptors (Lipinski definition) is 4. The predicted octanol–water partition coefficient (Wildman–Crippen LogP) is 2.35. The molecule has 3 N–H and O–H groups in total. The van der Waals surface area contributed by atoms with Gasteiger partial charge in [0.1, 0.15) is 0 Å². The number of hydrogen-bond donors (Lipinski definition) is 3. The van der Waals surface area contributed by atoms with Crippen LogP contribution in [0.25, 0.3) is 0 Å². The molecule has 0 spiro atoms. The normalized spacial score (nSPS) is 17.6. The second-order valence-electron chi connectivity index (χ2n) is 7.16. The predicted molar refractivity (Wildman–Crippen MR) is 128 cm³/mol. The molecule has 0 radical (unpaired) electrons. The van der Waals surface area contributed by atoms with E-state index in [1.807, 2.05) is 24.3 Å². The molecule has 0 atom stereocenters. The highest BCUT2D eigenvalue weighted by atomic mass is 127. The SMILES string of the molecule is CN=C(NCc1cccc(NC(=O)CCN2CCOCC2)c1)NC1CC=CC1.I. The number of rotatable bonds is 7. The van der Waals surface area contributed by atoms with Crippen LogP contribution in [0.5, 0.6) is 0 Å². The van der Waals surface area contributed by atoms with E-state index in [1.165, 1.54) is 0 Å². The third kappa shape index (κ3) is 8.31. The summed E-state index contributed by atoms with van der Waals surface area (Å²) >= 11 is 0. The van der Waals surface area contributed by atoms with Gasteiger partial charge in [-0.15, -0.1) is 24.0 Å². The number of nitrogens with one attached hydrogen (secondary N) is 3. The van der Waals surface area contributed by atoms with Crippen molar-refractivity contribution in [2.24, 2.45) is 4.99 Å². The van der Waals surface area contributed by atoms with Crippen molar-refractivity contribution >= 4 is 41.5 Å². The Kier molecular flexibility index (Phi) is 10.4. The smallest absolute Gasteiger partial charge is 0.225 e. The van der Waals surface area contributed by atoms with Crippen LogP contribution >= 0.6 is 24.0 Å². The molecule has 2 aliphatic rings. The summed E-state index contributed by atoms with van der Waals surface area (Å²) in [5.74, 6) is 0.844. The summed E-state index contributed by atoms with van der Waals surface area (Å²) in [6, 6.07) is 8.35. The summed E-state index contributed by atoms with van der Waals surface area (Å²) in [6.45, 7) is 4.74. The number of ether oxygens (including phenoxy) is 1.